The summed E-state index contributed by atoms with van der Waals surface area (Å²) in [4.78, 5) is 19.5. The fraction of sp³-hybridized carbons (Fsp3) is 0.143. The Kier molecular flexibility index (Phi) is 4.38. The summed E-state index contributed by atoms with van der Waals surface area (Å²) in [5.74, 6) is 0.804. The van der Waals surface area contributed by atoms with Gasteiger partial charge in [0.05, 0.1) is 17.4 Å². The molecule has 6 heteroatoms. The van der Waals surface area contributed by atoms with Crippen LogP contribution in [-0.2, 0) is 13.0 Å². The third kappa shape index (κ3) is 3.17. The lowest BCUT2D eigenvalue weighted by atomic mass is 10.2. The van der Waals surface area contributed by atoms with Gasteiger partial charge in [0.15, 0.2) is 5.65 Å². The number of imidazole rings is 1. The summed E-state index contributed by atoms with van der Waals surface area (Å²) in [6.45, 7) is 2.40. The maximum Gasteiger partial charge on any atom is 0.332 e. The highest BCUT2D eigenvalue weighted by atomic mass is 16.5. The first-order chi connectivity index (χ1) is 13.2. The largest absolute Gasteiger partial charge is 0.506 e. The summed E-state index contributed by atoms with van der Waals surface area (Å²) in [5, 5.41) is 9.96. The molecule has 0 saturated carbocycles. The highest BCUT2D eigenvalue weighted by Gasteiger charge is 2.15. The number of hydrogen-bond donors (Lipinski definition) is 2. The molecule has 0 aliphatic carbocycles. The van der Waals surface area contributed by atoms with E-state index >= 15 is 0 Å². The SMILES string of the molecule is CCc1c(O)cnc2c1[nH]c(=O)n2-c1ccc(OCc2ccccc2)cc1. The molecule has 0 aliphatic rings. The Balaban J connectivity index is 1.64. The molecule has 2 aromatic heterocycles. The number of nitrogens with zero attached hydrogens (tertiary/aromatic N) is 2. The summed E-state index contributed by atoms with van der Waals surface area (Å²) in [6, 6.07) is 17.2. The van der Waals surface area contributed by atoms with Crippen LogP contribution in [0.25, 0.3) is 16.9 Å². The van der Waals surface area contributed by atoms with Crippen molar-refractivity contribution in [1.29, 1.82) is 0 Å². The zero-order chi connectivity index (χ0) is 18.8. The molecule has 6 nitrogen and oxygen atoms in total. The quantitative estimate of drug-likeness (QED) is 0.570. The second kappa shape index (κ2) is 6.99. The van der Waals surface area contributed by atoms with E-state index < -0.39 is 0 Å². The van der Waals surface area contributed by atoms with Crippen LogP contribution >= 0.6 is 0 Å². The molecule has 27 heavy (non-hydrogen) atoms. The van der Waals surface area contributed by atoms with Crippen molar-refractivity contribution < 1.29 is 9.84 Å². The topological polar surface area (TPSA) is 80.1 Å². The molecule has 4 rings (SSSR count). The van der Waals surface area contributed by atoms with E-state index in [1.165, 1.54) is 10.8 Å². The van der Waals surface area contributed by atoms with Gasteiger partial charge >= 0.3 is 5.69 Å². The van der Waals surface area contributed by atoms with Crippen LogP contribution in [0.3, 0.4) is 0 Å². The molecule has 0 unspecified atom stereocenters. The Morgan fingerprint density at radius 1 is 1.11 bits per heavy atom. The molecule has 0 saturated heterocycles. The number of benzene rings is 2. The molecule has 0 spiro atoms. The first kappa shape index (κ1) is 16.9. The van der Waals surface area contributed by atoms with E-state index in [9.17, 15) is 9.90 Å². The molecule has 136 valence electrons. The van der Waals surface area contributed by atoms with Crippen LogP contribution in [0, 0.1) is 0 Å². The van der Waals surface area contributed by atoms with Crippen molar-refractivity contribution >= 4 is 11.2 Å². The minimum Gasteiger partial charge on any atom is -0.506 e. The van der Waals surface area contributed by atoms with Gasteiger partial charge in [0.2, 0.25) is 0 Å². The molecule has 0 atom stereocenters. The number of nitrogens with one attached hydrogen (secondary N) is 1. The van der Waals surface area contributed by atoms with Crippen molar-refractivity contribution in [3.63, 3.8) is 0 Å². The van der Waals surface area contributed by atoms with Crippen molar-refractivity contribution in [3.8, 4) is 17.2 Å². The van der Waals surface area contributed by atoms with Gasteiger partial charge in [-0.15, -0.1) is 0 Å². The lowest BCUT2D eigenvalue weighted by Gasteiger charge is -2.08. The minimum atomic E-state index is -0.296. The molecule has 2 N–H and O–H groups in total. The van der Waals surface area contributed by atoms with Gasteiger partial charge in [0, 0.05) is 5.56 Å². The van der Waals surface area contributed by atoms with Crippen molar-refractivity contribution in [1.82, 2.24) is 14.5 Å². The second-order valence-corrected chi connectivity index (χ2v) is 6.21. The second-order valence-electron chi connectivity index (χ2n) is 6.21. The van der Waals surface area contributed by atoms with Crippen LogP contribution in [0.1, 0.15) is 18.1 Å². The number of pyridine rings is 1. The molecule has 0 fully saturated rings. The fourth-order valence-corrected chi connectivity index (χ4v) is 3.12. The number of aryl methyl sites for hydroxylation is 1. The van der Waals surface area contributed by atoms with Gasteiger partial charge in [-0.25, -0.2) is 14.3 Å². The van der Waals surface area contributed by atoms with Crippen LogP contribution in [0.15, 0.2) is 65.6 Å². The predicted octanol–water partition coefficient (Wildman–Crippen LogP) is 3.56. The van der Waals surface area contributed by atoms with Crippen LogP contribution < -0.4 is 10.4 Å². The monoisotopic (exact) mass is 361 g/mol. The zero-order valence-corrected chi connectivity index (χ0v) is 14.8. The number of H-pyrrole nitrogens is 1. The highest BCUT2D eigenvalue weighted by Crippen LogP contribution is 2.25. The van der Waals surface area contributed by atoms with Crippen LogP contribution in [0.5, 0.6) is 11.5 Å². The van der Waals surface area contributed by atoms with E-state index in [4.69, 9.17) is 4.74 Å². The van der Waals surface area contributed by atoms with Crippen molar-refractivity contribution in [3.05, 3.63) is 82.4 Å². The van der Waals surface area contributed by atoms with E-state index in [0.29, 0.717) is 35.4 Å². The molecular weight excluding hydrogens is 342 g/mol. The van der Waals surface area contributed by atoms with E-state index in [1.54, 1.807) is 0 Å². The van der Waals surface area contributed by atoms with Crippen LogP contribution in [0.4, 0.5) is 0 Å². The standard InChI is InChI=1S/C21H19N3O3/c1-2-17-18(25)12-22-20-19(17)23-21(26)24(20)15-8-10-16(11-9-15)27-13-14-6-4-3-5-7-14/h3-12,25H,2,13H2,1H3,(H,23,26). The van der Waals surface area contributed by atoms with Gasteiger partial charge in [-0.05, 0) is 36.2 Å². The first-order valence-electron chi connectivity index (χ1n) is 8.76. The molecule has 0 aliphatic heterocycles. The van der Waals surface area contributed by atoms with Crippen molar-refractivity contribution in [2.45, 2.75) is 20.0 Å². The van der Waals surface area contributed by atoms with Crippen molar-refractivity contribution in [2.24, 2.45) is 0 Å². The molecule has 0 bridgehead atoms. The van der Waals surface area contributed by atoms with Gasteiger partial charge in [-0.2, -0.15) is 0 Å². The maximum atomic E-state index is 12.5. The summed E-state index contributed by atoms with van der Waals surface area (Å²) < 4.78 is 7.29. The fourth-order valence-electron chi connectivity index (χ4n) is 3.12. The molecule has 0 radical (unpaired) electrons. The zero-order valence-electron chi connectivity index (χ0n) is 14.8. The van der Waals surface area contributed by atoms with E-state index in [2.05, 4.69) is 9.97 Å². The van der Waals surface area contributed by atoms with E-state index in [1.807, 2.05) is 61.5 Å². The summed E-state index contributed by atoms with van der Waals surface area (Å²) in [6.07, 6.45) is 1.97. The number of aromatic amines is 1. The number of hydrogen-bond acceptors (Lipinski definition) is 4. The average Bonchev–Trinajstić information content (AvgIpc) is 3.03. The number of fused-ring (bicyclic) bond motifs is 1. The Hall–Kier alpha value is -3.54. The lowest BCUT2D eigenvalue weighted by molar-refractivity contribution is 0.306. The Morgan fingerprint density at radius 3 is 2.56 bits per heavy atom. The summed E-state index contributed by atoms with van der Waals surface area (Å²) >= 11 is 0. The normalized spacial score (nSPS) is 11.0. The van der Waals surface area contributed by atoms with Crippen LogP contribution in [-0.4, -0.2) is 19.6 Å². The summed E-state index contributed by atoms with van der Waals surface area (Å²) in [5.41, 5.74) is 3.21. The molecule has 4 aromatic rings. The first-order valence-corrected chi connectivity index (χ1v) is 8.76. The molecular formula is C21H19N3O3. The van der Waals surface area contributed by atoms with Gasteiger partial charge in [0.25, 0.3) is 0 Å². The molecule has 2 aromatic carbocycles. The van der Waals surface area contributed by atoms with E-state index in [-0.39, 0.29) is 11.4 Å². The lowest BCUT2D eigenvalue weighted by Crippen LogP contribution is -2.14. The third-order valence-electron chi connectivity index (χ3n) is 4.49. The van der Waals surface area contributed by atoms with Gasteiger partial charge in [0.1, 0.15) is 18.1 Å². The van der Waals surface area contributed by atoms with Crippen molar-refractivity contribution in [2.75, 3.05) is 0 Å². The Bertz CT molecular complexity index is 1130. The predicted molar refractivity (Wildman–Crippen MR) is 104 cm³/mol. The molecule has 2 heterocycles. The van der Waals surface area contributed by atoms with Gasteiger partial charge in [-0.3, -0.25) is 0 Å². The summed E-state index contributed by atoms with van der Waals surface area (Å²) in [7, 11) is 0. The molecule has 0 amide bonds. The van der Waals surface area contributed by atoms with E-state index in [0.717, 1.165) is 11.3 Å². The van der Waals surface area contributed by atoms with Gasteiger partial charge in [-0.1, -0.05) is 37.3 Å². The number of aromatic nitrogens is 3. The highest BCUT2D eigenvalue weighted by molar-refractivity contribution is 5.79. The number of rotatable bonds is 5. The number of ether oxygens (including phenoxy) is 1. The van der Waals surface area contributed by atoms with Crippen LogP contribution in [0.2, 0.25) is 0 Å². The Labute approximate surface area is 155 Å². The third-order valence-corrected chi connectivity index (χ3v) is 4.49. The average molecular weight is 361 g/mol. The number of aromatic hydroxyl groups is 1. The smallest absolute Gasteiger partial charge is 0.332 e. The Morgan fingerprint density at radius 2 is 1.85 bits per heavy atom. The minimum absolute atomic E-state index is 0.0862. The van der Waals surface area contributed by atoms with Gasteiger partial charge < -0.3 is 14.8 Å². The maximum absolute atomic E-state index is 12.5.